The fourth-order valence-corrected chi connectivity index (χ4v) is 3.26. The number of nitrogens with one attached hydrogen (secondary N) is 1. The SMILES string of the molecule is CC(C)(C)C1CCN(c2cc3[nH]ncc3cc2N)CC1. The summed E-state index contributed by atoms with van der Waals surface area (Å²) >= 11 is 0. The fraction of sp³-hybridized carbons (Fsp3) is 0.562. The predicted octanol–water partition coefficient (Wildman–Crippen LogP) is 3.41. The van der Waals surface area contributed by atoms with Crippen molar-refractivity contribution in [2.75, 3.05) is 23.7 Å². The van der Waals surface area contributed by atoms with Gasteiger partial charge in [0.1, 0.15) is 0 Å². The average Bonchev–Trinajstić information content (AvgIpc) is 2.84. The minimum absolute atomic E-state index is 0.408. The first-order valence-corrected chi connectivity index (χ1v) is 7.43. The lowest BCUT2D eigenvalue weighted by molar-refractivity contribution is 0.199. The van der Waals surface area contributed by atoms with Gasteiger partial charge < -0.3 is 10.6 Å². The first-order valence-electron chi connectivity index (χ1n) is 7.43. The highest BCUT2D eigenvalue weighted by atomic mass is 15.2. The Balaban J connectivity index is 1.81. The first-order chi connectivity index (χ1) is 9.45. The molecule has 20 heavy (non-hydrogen) atoms. The van der Waals surface area contributed by atoms with Crippen molar-refractivity contribution < 1.29 is 0 Å². The summed E-state index contributed by atoms with van der Waals surface area (Å²) in [4.78, 5) is 2.41. The molecule has 0 saturated carbocycles. The Hall–Kier alpha value is -1.71. The van der Waals surface area contributed by atoms with Gasteiger partial charge in [-0.1, -0.05) is 20.8 Å². The van der Waals surface area contributed by atoms with Crippen LogP contribution in [0, 0.1) is 11.3 Å². The minimum Gasteiger partial charge on any atom is -0.397 e. The van der Waals surface area contributed by atoms with Gasteiger partial charge in [-0.15, -0.1) is 0 Å². The summed E-state index contributed by atoms with van der Waals surface area (Å²) in [6.07, 6.45) is 4.30. The van der Waals surface area contributed by atoms with Gasteiger partial charge >= 0.3 is 0 Å². The predicted molar refractivity (Wildman–Crippen MR) is 84.9 cm³/mol. The zero-order valence-electron chi connectivity index (χ0n) is 12.6. The highest BCUT2D eigenvalue weighted by Crippen LogP contribution is 2.37. The number of H-pyrrole nitrogens is 1. The van der Waals surface area contributed by atoms with E-state index in [4.69, 9.17) is 5.73 Å². The zero-order chi connectivity index (χ0) is 14.3. The summed E-state index contributed by atoms with van der Waals surface area (Å²) in [5.41, 5.74) is 9.69. The normalized spacial score (nSPS) is 17.9. The number of hydrogen-bond donors (Lipinski definition) is 2. The van der Waals surface area contributed by atoms with Crippen molar-refractivity contribution in [3.8, 4) is 0 Å². The average molecular weight is 272 g/mol. The lowest BCUT2D eigenvalue weighted by atomic mass is 9.75. The topological polar surface area (TPSA) is 57.9 Å². The van der Waals surface area contributed by atoms with Crippen LogP contribution in [0.25, 0.3) is 10.9 Å². The summed E-state index contributed by atoms with van der Waals surface area (Å²) in [6.45, 7) is 9.21. The summed E-state index contributed by atoms with van der Waals surface area (Å²) in [5.74, 6) is 0.802. The molecule has 1 saturated heterocycles. The van der Waals surface area contributed by atoms with Crippen molar-refractivity contribution in [2.45, 2.75) is 33.6 Å². The van der Waals surface area contributed by atoms with Gasteiger partial charge in [0.05, 0.1) is 23.1 Å². The maximum absolute atomic E-state index is 6.21. The molecule has 2 aromatic rings. The van der Waals surface area contributed by atoms with Crippen LogP contribution in [-0.2, 0) is 0 Å². The van der Waals surface area contributed by atoms with E-state index in [1.165, 1.54) is 12.8 Å². The van der Waals surface area contributed by atoms with E-state index in [1.807, 2.05) is 12.3 Å². The van der Waals surface area contributed by atoms with Crippen molar-refractivity contribution in [2.24, 2.45) is 11.3 Å². The van der Waals surface area contributed by atoms with Gasteiger partial charge in [0.2, 0.25) is 0 Å². The summed E-state index contributed by atoms with van der Waals surface area (Å²) in [5, 5.41) is 8.18. The molecule has 1 aromatic heterocycles. The van der Waals surface area contributed by atoms with Crippen molar-refractivity contribution in [3.05, 3.63) is 18.3 Å². The number of anilines is 2. The summed E-state index contributed by atoms with van der Waals surface area (Å²) in [6, 6.07) is 4.15. The molecule has 0 bridgehead atoms. The Bertz CT molecular complexity index is 600. The quantitative estimate of drug-likeness (QED) is 0.782. The number of rotatable bonds is 1. The molecule has 0 radical (unpaired) electrons. The molecule has 4 heteroatoms. The summed E-state index contributed by atoms with van der Waals surface area (Å²) < 4.78 is 0. The van der Waals surface area contributed by atoms with Gasteiger partial charge in [0.25, 0.3) is 0 Å². The number of nitrogen functional groups attached to an aromatic ring is 1. The molecule has 1 aliphatic heterocycles. The lowest BCUT2D eigenvalue weighted by Gasteiger charge is -2.40. The van der Waals surface area contributed by atoms with Crippen molar-refractivity contribution in [1.82, 2.24) is 10.2 Å². The zero-order valence-corrected chi connectivity index (χ0v) is 12.6. The Kier molecular flexibility index (Phi) is 3.11. The molecule has 1 aliphatic rings. The van der Waals surface area contributed by atoms with Crippen LogP contribution >= 0.6 is 0 Å². The number of piperidine rings is 1. The monoisotopic (exact) mass is 272 g/mol. The van der Waals surface area contributed by atoms with Crippen LogP contribution in [0.5, 0.6) is 0 Å². The van der Waals surface area contributed by atoms with E-state index >= 15 is 0 Å². The number of nitrogens with two attached hydrogens (primary N) is 1. The van der Waals surface area contributed by atoms with Gasteiger partial charge in [-0.2, -0.15) is 5.10 Å². The number of fused-ring (bicyclic) bond motifs is 1. The highest BCUT2D eigenvalue weighted by molar-refractivity contribution is 5.88. The standard InChI is InChI=1S/C16H24N4/c1-16(2,3)12-4-6-20(7-5-12)15-9-14-11(8-13(15)17)10-18-19-14/h8-10,12H,4-7,17H2,1-3H3,(H,18,19). The molecule has 0 spiro atoms. The minimum atomic E-state index is 0.408. The lowest BCUT2D eigenvalue weighted by Crippen LogP contribution is -2.38. The Morgan fingerprint density at radius 1 is 1.25 bits per heavy atom. The molecule has 4 nitrogen and oxygen atoms in total. The Morgan fingerprint density at radius 2 is 1.95 bits per heavy atom. The Morgan fingerprint density at radius 3 is 2.60 bits per heavy atom. The molecule has 1 fully saturated rings. The number of aromatic nitrogens is 2. The number of nitrogens with zero attached hydrogens (tertiary/aromatic N) is 2. The number of benzene rings is 1. The molecule has 0 atom stereocenters. The molecular formula is C16H24N4. The molecule has 3 rings (SSSR count). The van der Waals surface area contributed by atoms with E-state index < -0.39 is 0 Å². The van der Waals surface area contributed by atoms with Gasteiger partial charge in [-0.3, -0.25) is 5.10 Å². The maximum Gasteiger partial charge on any atom is 0.0672 e. The van der Waals surface area contributed by atoms with Crippen molar-refractivity contribution in [1.29, 1.82) is 0 Å². The van der Waals surface area contributed by atoms with Crippen molar-refractivity contribution >= 4 is 22.3 Å². The van der Waals surface area contributed by atoms with Gasteiger partial charge in [-0.25, -0.2) is 0 Å². The van der Waals surface area contributed by atoms with Gasteiger partial charge in [0, 0.05) is 18.5 Å². The fourth-order valence-electron chi connectivity index (χ4n) is 3.26. The van der Waals surface area contributed by atoms with E-state index in [0.717, 1.165) is 41.3 Å². The third kappa shape index (κ3) is 2.35. The molecular weight excluding hydrogens is 248 g/mol. The molecule has 1 aromatic carbocycles. The second kappa shape index (κ2) is 4.69. The van der Waals surface area contributed by atoms with E-state index in [0.29, 0.717) is 5.41 Å². The van der Waals surface area contributed by atoms with E-state index in [1.54, 1.807) is 0 Å². The van der Waals surface area contributed by atoms with Crippen LogP contribution in [0.4, 0.5) is 11.4 Å². The second-order valence-electron chi connectivity index (χ2n) is 7.00. The number of hydrogen-bond acceptors (Lipinski definition) is 3. The largest absolute Gasteiger partial charge is 0.397 e. The van der Waals surface area contributed by atoms with Crippen LogP contribution < -0.4 is 10.6 Å². The highest BCUT2D eigenvalue weighted by Gasteiger charge is 2.29. The van der Waals surface area contributed by atoms with Gasteiger partial charge in [0.15, 0.2) is 0 Å². The molecule has 3 N–H and O–H groups in total. The van der Waals surface area contributed by atoms with E-state index in [9.17, 15) is 0 Å². The first kappa shape index (κ1) is 13.3. The van der Waals surface area contributed by atoms with Crippen molar-refractivity contribution in [3.63, 3.8) is 0 Å². The second-order valence-corrected chi connectivity index (χ2v) is 7.00. The Labute approximate surface area is 120 Å². The molecule has 108 valence electrons. The van der Waals surface area contributed by atoms with Crippen LogP contribution in [0.1, 0.15) is 33.6 Å². The maximum atomic E-state index is 6.21. The third-order valence-electron chi connectivity index (χ3n) is 4.65. The van der Waals surface area contributed by atoms with E-state index in [2.05, 4.69) is 41.9 Å². The van der Waals surface area contributed by atoms with E-state index in [-0.39, 0.29) is 0 Å². The summed E-state index contributed by atoms with van der Waals surface area (Å²) in [7, 11) is 0. The van der Waals surface area contributed by atoms with Crippen LogP contribution in [0.15, 0.2) is 18.3 Å². The molecule has 0 unspecified atom stereocenters. The van der Waals surface area contributed by atoms with Gasteiger partial charge in [-0.05, 0) is 36.3 Å². The smallest absolute Gasteiger partial charge is 0.0672 e. The molecule has 0 aliphatic carbocycles. The van der Waals surface area contributed by atoms with Crippen LogP contribution in [0.3, 0.4) is 0 Å². The van der Waals surface area contributed by atoms with Crippen LogP contribution in [-0.4, -0.2) is 23.3 Å². The van der Waals surface area contributed by atoms with Crippen LogP contribution in [0.2, 0.25) is 0 Å². The molecule has 2 heterocycles. The third-order valence-corrected chi connectivity index (χ3v) is 4.65. The molecule has 0 amide bonds. The number of aromatic amines is 1.